The molecule has 0 saturated carbocycles. The fourth-order valence-corrected chi connectivity index (χ4v) is 4.81. The van der Waals surface area contributed by atoms with E-state index in [2.05, 4.69) is 20.9 Å². The number of nitrogens with one attached hydrogen (secondary N) is 1. The number of hydrogen-bond acceptors (Lipinski definition) is 4. The molecular formula is C22H11BrCl4N2O4. The van der Waals surface area contributed by atoms with Crippen LogP contribution in [0.2, 0.25) is 20.4 Å². The number of hydrogen-bond donors (Lipinski definition) is 3. The summed E-state index contributed by atoms with van der Waals surface area (Å²) in [6.07, 6.45) is 0. The van der Waals surface area contributed by atoms with E-state index in [1.54, 1.807) is 24.3 Å². The first-order valence-corrected chi connectivity index (χ1v) is 11.4. The van der Waals surface area contributed by atoms with E-state index in [9.17, 15) is 19.8 Å². The Morgan fingerprint density at radius 3 is 1.88 bits per heavy atom. The molecule has 168 valence electrons. The van der Waals surface area contributed by atoms with Crippen molar-refractivity contribution >= 4 is 73.9 Å². The molecule has 0 atom stereocenters. The van der Waals surface area contributed by atoms with E-state index < -0.39 is 11.6 Å². The molecule has 4 aromatic rings. The largest absolute Gasteiger partial charge is 0.507 e. The number of aromatic amines is 1. The highest BCUT2D eigenvalue weighted by molar-refractivity contribution is 9.10. The summed E-state index contributed by atoms with van der Waals surface area (Å²) in [5.74, 6) is -1.84. The molecule has 0 aliphatic rings. The quantitative estimate of drug-likeness (QED) is 0.218. The number of para-hydroxylation sites is 2. The molecule has 0 spiro atoms. The average molecular weight is 589 g/mol. The van der Waals surface area contributed by atoms with Crippen molar-refractivity contribution in [2.75, 3.05) is 0 Å². The maximum atomic E-state index is 13.4. The highest BCUT2D eigenvalue weighted by Gasteiger charge is 2.33. The van der Waals surface area contributed by atoms with Gasteiger partial charge in [-0.2, -0.15) is 0 Å². The van der Waals surface area contributed by atoms with Gasteiger partial charge in [-0.1, -0.05) is 70.7 Å². The van der Waals surface area contributed by atoms with E-state index >= 15 is 0 Å². The molecular weight excluding hydrogens is 578 g/mol. The lowest BCUT2D eigenvalue weighted by Gasteiger charge is -2.13. The predicted molar refractivity (Wildman–Crippen MR) is 131 cm³/mol. The van der Waals surface area contributed by atoms with E-state index in [1.807, 2.05) is 0 Å². The minimum absolute atomic E-state index is 0.0233. The molecule has 4 rings (SSSR count). The van der Waals surface area contributed by atoms with Gasteiger partial charge in [0.25, 0.3) is 0 Å². The smallest absolute Gasteiger partial charge is 0.215 e. The SMILES string of the molecule is O=C(c1ccccc1O)c1[nH]c(Cl)c(Cl)c1-n1c(Cl)c(Cl)c(Br)c1C(=O)c1ccccc1O. The lowest BCUT2D eigenvalue weighted by atomic mass is 10.1. The van der Waals surface area contributed by atoms with Crippen molar-refractivity contribution in [3.05, 3.63) is 95.9 Å². The van der Waals surface area contributed by atoms with Gasteiger partial charge in [-0.15, -0.1) is 0 Å². The predicted octanol–water partition coefficient (Wildman–Crippen LogP) is 7.05. The number of phenolic OH excluding ortho intramolecular Hbond substituents is 2. The van der Waals surface area contributed by atoms with Crippen LogP contribution in [0.25, 0.3) is 5.69 Å². The first-order chi connectivity index (χ1) is 15.6. The van der Waals surface area contributed by atoms with Gasteiger partial charge in [-0.3, -0.25) is 14.2 Å². The Balaban J connectivity index is 2.01. The molecule has 0 aliphatic carbocycles. The highest BCUT2D eigenvalue weighted by Crippen LogP contribution is 2.44. The van der Waals surface area contributed by atoms with Crippen LogP contribution < -0.4 is 0 Å². The van der Waals surface area contributed by atoms with Crippen molar-refractivity contribution in [1.29, 1.82) is 0 Å². The lowest BCUT2D eigenvalue weighted by molar-refractivity contribution is 0.101. The highest BCUT2D eigenvalue weighted by atomic mass is 79.9. The molecule has 3 N–H and O–H groups in total. The number of nitrogens with zero attached hydrogens (tertiary/aromatic N) is 1. The Morgan fingerprint density at radius 1 is 0.818 bits per heavy atom. The molecule has 0 radical (unpaired) electrons. The molecule has 2 aromatic heterocycles. The Hall–Kier alpha value is -2.42. The minimum Gasteiger partial charge on any atom is -0.507 e. The summed E-state index contributed by atoms with van der Waals surface area (Å²) in [5, 5.41) is 20.0. The molecule has 2 heterocycles. The van der Waals surface area contributed by atoms with Gasteiger partial charge < -0.3 is 15.2 Å². The molecule has 11 heteroatoms. The maximum absolute atomic E-state index is 13.4. The van der Waals surface area contributed by atoms with Gasteiger partial charge >= 0.3 is 0 Å². The zero-order valence-electron chi connectivity index (χ0n) is 16.2. The third kappa shape index (κ3) is 3.94. The van der Waals surface area contributed by atoms with Crippen LogP contribution in [0.15, 0.2) is 53.0 Å². The number of carbonyl (C=O) groups excluding carboxylic acids is 2. The Labute approximate surface area is 215 Å². The summed E-state index contributed by atoms with van der Waals surface area (Å²) in [7, 11) is 0. The van der Waals surface area contributed by atoms with Gasteiger partial charge in [0.15, 0.2) is 0 Å². The minimum atomic E-state index is -0.658. The molecule has 2 aromatic carbocycles. The normalized spacial score (nSPS) is 11.1. The van der Waals surface area contributed by atoms with Gasteiger partial charge in [-0.05, 0) is 40.2 Å². The number of H-pyrrole nitrogens is 1. The second-order valence-electron chi connectivity index (χ2n) is 6.77. The van der Waals surface area contributed by atoms with Crippen molar-refractivity contribution in [2.24, 2.45) is 0 Å². The van der Waals surface area contributed by atoms with Crippen LogP contribution in [0.1, 0.15) is 32.1 Å². The first-order valence-electron chi connectivity index (χ1n) is 9.13. The molecule has 0 aliphatic heterocycles. The summed E-state index contributed by atoms with van der Waals surface area (Å²) < 4.78 is 1.29. The summed E-state index contributed by atoms with van der Waals surface area (Å²) in [6.45, 7) is 0. The number of aromatic nitrogens is 2. The molecule has 0 bridgehead atoms. The molecule has 0 fully saturated rings. The van der Waals surface area contributed by atoms with Crippen molar-refractivity contribution in [2.45, 2.75) is 0 Å². The Morgan fingerprint density at radius 2 is 1.33 bits per heavy atom. The van der Waals surface area contributed by atoms with Crippen LogP contribution in [0.3, 0.4) is 0 Å². The zero-order valence-corrected chi connectivity index (χ0v) is 20.8. The average Bonchev–Trinajstić information content (AvgIpc) is 3.20. The zero-order chi connectivity index (χ0) is 24.0. The summed E-state index contributed by atoms with van der Waals surface area (Å²) in [6, 6.07) is 11.8. The van der Waals surface area contributed by atoms with Crippen molar-refractivity contribution in [3.8, 4) is 17.2 Å². The van der Waals surface area contributed by atoms with E-state index in [4.69, 9.17) is 46.4 Å². The number of halogens is 5. The fraction of sp³-hybridized carbons (Fsp3) is 0. The Bertz CT molecular complexity index is 1440. The molecule has 6 nitrogen and oxygen atoms in total. The number of rotatable bonds is 5. The maximum Gasteiger partial charge on any atom is 0.215 e. The summed E-state index contributed by atoms with van der Waals surface area (Å²) in [4.78, 5) is 29.4. The third-order valence-electron chi connectivity index (χ3n) is 4.84. The molecule has 0 unspecified atom stereocenters. The lowest BCUT2D eigenvalue weighted by Crippen LogP contribution is -2.13. The van der Waals surface area contributed by atoms with Crippen LogP contribution in [0.5, 0.6) is 11.5 Å². The van der Waals surface area contributed by atoms with E-state index in [0.717, 1.165) is 0 Å². The van der Waals surface area contributed by atoms with Gasteiger partial charge in [0, 0.05) is 0 Å². The second kappa shape index (κ2) is 9.08. The van der Waals surface area contributed by atoms with Gasteiger partial charge in [0.1, 0.15) is 38.2 Å². The van der Waals surface area contributed by atoms with Gasteiger partial charge in [0.05, 0.1) is 26.3 Å². The Kier molecular flexibility index (Phi) is 6.53. The fourth-order valence-electron chi connectivity index (χ4n) is 3.31. The summed E-state index contributed by atoms with van der Waals surface area (Å²) >= 11 is 28.7. The molecule has 0 amide bonds. The second-order valence-corrected chi connectivity index (χ2v) is 9.06. The third-order valence-corrected chi connectivity index (χ3v) is 7.41. The number of benzene rings is 2. The molecule has 0 saturated heterocycles. The van der Waals surface area contributed by atoms with Crippen LogP contribution in [-0.4, -0.2) is 31.3 Å². The van der Waals surface area contributed by atoms with Crippen molar-refractivity contribution in [1.82, 2.24) is 9.55 Å². The standard InChI is InChI=1S/C22H11BrCl4N2O4/c23-13-14(24)22(27)29(17(13)20(33)10-6-2-4-8-12(10)31)18-15(25)21(26)28-16(18)19(32)9-5-1-3-7-11(9)30/h1-8,28,30-31H. The van der Waals surface area contributed by atoms with Gasteiger partial charge in [-0.25, -0.2) is 0 Å². The number of phenols is 2. The molecule has 33 heavy (non-hydrogen) atoms. The van der Waals surface area contributed by atoms with Crippen molar-refractivity contribution < 1.29 is 19.8 Å². The van der Waals surface area contributed by atoms with E-state index in [0.29, 0.717) is 0 Å². The monoisotopic (exact) mass is 586 g/mol. The number of carbonyl (C=O) groups is 2. The van der Waals surface area contributed by atoms with E-state index in [-0.39, 0.29) is 64.5 Å². The van der Waals surface area contributed by atoms with Crippen LogP contribution >= 0.6 is 62.3 Å². The van der Waals surface area contributed by atoms with Crippen LogP contribution in [0, 0.1) is 0 Å². The first kappa shape index (κ1) is 23.7. The van der Waals surface area contributed by atoms with Crippen LogP contribution in [0.4, 0.5) is 0 Å². The number of ketones is 2. The van der Waals surface area contributed by atoms with Crippen molar-refractivity contribution in [3.63, 3.8) is 0 Å². The topological polar surface area (TPSA) is 95.3 Å². The van der Waals surface area contributed by atoms with E-state index in [1.165, 1.54) is 28.8 Å². The number of aromatic hydroxyl groups is 2. The summed E-state index contributed by atoms with van der Waals surface area (Å²) in [5.41, 5.74) is -0.354. The van der Waals surface area contributed by atoms with Gasteiger partial charge in [0.2, 0.25) is 11.6 Å². The van der Waals surface area contributed by atoms with Crippen LogP contribution in [-0.2, 0) is 0 Å².